The molecule has 1 aromatic heterocycles. The van der Waals surface area contributed by atoms with Crippen LogP contribution in [0, 0.1) is 13.8 Å². The number of ether oxygens (including phenoxy) is 1. The molecule has 0 atom stereocenters. The molecule has 0 aliphatic rings. The lowest BCUT2D eigenvalue weighted by Crippen LogP contribution is -2.17. The smallest absolute Gasteiger partial charge is 0.377 e. The molecule has 0 spiro atoms. The highest BCUT2D eigenvalue weighted by Crippen LogP contribution is 2.31. The van der Waals surface area contributed by atoms with Crippen LogP contribution in [0.3, 0.4) is 0 Å². The van der Waals surface area contributed by atoms with Gasteiger partial charge in [0.25, 0.3) is 11.8 Å². The minimum atomic E-state index is -4.60. The molecule has 0 fully saturated rings. The van der Waals surface area contributed by atoms with Crippen molar-refractivity contribution < 1.29 is 27.5 Å². The Kier molecular flexibility index (Phi) is 8.71. The van der Waals surface area contributed by atoms with E-state index in [9.17, 15) is 22.8 Å². The maximum atomic E-state index is 13.3. The van der Waals surface area contributed by atoms with Gasteiger partial charge >= 0.3 is 6.18 Å². The average molecular weight is 567 g/mol. The number of fused-ring (bicyclic) bond motifs is 1. The first kappa shape index (κ1) is 29.0. The Morgan fingerprint density at radius 2 is 1.74 bits per heavy atom. The average Bonchev–Trinajstić information content (AvgIpc) is 3.23. The summed E-state index contributed by atoms with van der Waals surface area (Å²) in [6.45, 7) is 3.44. The lowest BCUT2D eigenvalue weighted by molar-refractivity contribution is -0.137. The summed E-state index contributed by atoms with van der Waals surface area (Å²) in [7, 11) is 1.49. The summed E-state index contributed by atoms with van der Waals surface area (Å²) >= 11 is 6.17. The predicted molar refractivity (Wildman–Crippen MR) is 142 cm³/mol. The van der Waals surface area contributed by atoms with Crippen LogP contribution in [0.5, 0.6) is 0 Å². The van der Waals surface area contributed by atoms with Gasteiger partial charge in [0, 0.05) is 29.1 Å². The van der Waals surface area contributed by atoms with Crippen LogP contribution in [0.4, 0.5) is 24.5 Å². The Labute approximate surface area is 227 Å². The normalized spacial score (nSPS) is 11.2. The minimum absolute atomic E-state index is 0. The second-order valence-electron chi connectivity index (χ2n) is 8.38. The molecule has 12 heteroatoms. The summed E-state index contributed by atoms with van der Waals surface area (Å²) in [6.07, 6.45) is -4.60. The van der Waals surface area contributed by atoms with E-state index in [4.69, 9.17) is 16.3 Å². The molecule has 3 aromatic carbocycles. The number of methoxy groups -OCH3 is 1. The van der Waals surface area contributed by atoms with E-state index in [-0.39, 0.29) is 35.8 Å². The van der Waals surface area contributed by atoms with Crippen molar-refractivity contribution in [1.29, 1.82) is 0 Å². The monoisotopic (exact) mass is 566 g/mol. The first-order valence-electron chi connectivity index (χ1n) is 11.0. The highest BCUT2D eigenvalue weighted by Gasteiger charge is 2.31. The molecule has 0 aliphatic heterocycles. The van der Waals surface area contributed by atoms with Crippen molar-refractivity contribution in [2.75, 3.05) is 17.7 Å². The van der Waals surface area contributed by atoms with Gasteiger partial charge in [-0.25, -0.2) is 4.98 Å². The van der Waals surface area contributed by atoms with Crippen molar-refractivity contribution in [1.82, 2.24) is 9.97 Å². The van der Waals surface area contributed by atoms with E-state index >= 15 is 0 Å². The van der Waals surface area contributed by atoms with Gasteiger partial charge in [-0.2, -0.15) is 13.2 Å². The van der Waals surface area contributed by atoms with Gasteiger partial charge in [0.2, 0.25) is 0 Å². The van der Waals surface area contributed by atoms with Gasteiger partial charge in [0.1, 0.15) is 17.9 Å². The molecule has 0 bridgehead atoms. The first-order valence-corrected chi connectivity index (χ1v) is 11.4. The van der Waals surface area contributed by atoms with Crippen LogP contribution < -0.4 is 10.6 Å². The van der Waals surface area contributed by atoms with Gasteiger partial charge < -0.3 is 20.4 Å². The molecule has 200 valence electrons. The molecule has 4 rings (SSSR count). The number of alkyl halides is 3. The van der Waals surface area contributed by atoms with Crippen LogP contribution in [0.1, 0.15) is 43.2 Å². The maximum absolute atomic E-state index is 13.3. The summed E-state index contributed by atoms with van der Waals surface area (Å²) < 4.78 is 44.7. The van der Waals surface area contributed by atoms with Crippen molar-refractivity contribution in [3.8, 4) is 0 Å². The van der Waals surface area contributed by atoms with Gasteiger partial charge in [-0.05, 0) is 61.4 Å². The summed E-state index contributed by atoms with van der Waals surface area (Å²) in [5.41, 5.74) is 1.53. The number of hydrogen-bond donors (Lipinski definition) is 3. The highest BCUT2D eigenvalue weighted by molar-refractivity contribution is 6.31. The number of amides is 2. The van der Waals surface area contributed by atoms with Crippen LogP contribution in [-0.2, 0) is 17.5 Å². The van der Waals surface area contributed by atoms with Gasteiger partial charge in [0.15, 0.2) is 0 Å². The first-order chi connectivity index (χ1) is 17.5. The molecule has 0 radical (unpaired) electrons. The van der Waals surface area contributed by atoms with Crippen LogP contribution in [0.25, 0.3) is 11.0 Å². The number of nitrogens with one attached hydrogen (secondary N) is 3. The van der Waals surface area contributed by atoms with E-state index in [2.05, 4.69) is 20.6 Å². The van der Waals surface area contributed by atoms with Crippen molar-refractivity contribution in [2.45, 2.75) is 26.6 Å². The Bertz CT molecular complexity index is 1520. The number of rotatable bonds is 6. The number of H-pyrrole nitrogens is 1. The summed E-state index contributed by atoms with van der Waals surface area (Å²) in [6, 6.07) is 11.0. The third kappa shape index (κ3) is 6.09. The second kappa shape index (κ2) is 11.4. The lowest BCUT2D eigenvalue weighted by Gasteiger charge is -2.13. The third-order valence-electron chi connectivity index (χ3n) is 5.74. The summed E-state index contributed by atoms with van der Waals surface area (Å²) in [5, 5.41) is 5.88. The third-order valence-corrected chi connectivity index (χ3v) is 6.15. The molecule has 0 unspecified atom stereocenters. The molecular weight excluding hydrogens is 544 g/mol. The summed E-state index contributed by atoms with van der Waals surface area (Å²) in [4.78, 5) is 33.7. The van der Waals surface area contributed by atoms with Gasteiger partial charge in [-0.15, -0.1) is 12.4 Å². The van der Waals surface area contributed by atoms with Crippen molar-refractivity contribution >= 4 is 58.2 Å². The van der Waals surface area contributed by atoms with Crippen LogP contribution in [0.2, 0.25) is 5.02 Å². The van der Waals surface area contributed by atoms with Gasteiger partial charge in [0.05, 0.1) is 16.6 Å². The number of halogens is 5. The largest absolute Gasteiger partial charge is 0.416 e. The Balaban J connectivity index is 0.00000400. The quantitative estimate of drug-likeness (QED) is 0.236. The Morgan fingerprint density at radius 1 is 1.03 bits per heavy atom. The minimum Gasteiger partial charge on any atom is -0.377 e. The zero-order valence-corrected chi connectivity index (χ0v) is 22.0. The topological polar surface area (TPSA) is 96.1 Å². The zero-order chi connectivity index (χ0) is 26.9. The van der Waals surface area contributed by atoms with Gasteiger partial charge in [-0.1, -0.05) is 23.7 Å². The van der Waals surface area contributed by atoms with E-state index < -0.39 is 23.6 Å². The van der Waals surface area contributed by atoms with Crippen molar-refractivity contribution in [2.24, 2.45) is 0 Å². The fourth-order valence-electron chi connectivity index (χ4n) is 3.79. The van der Waals surface area contributed by atoms with E-state index in [0.717, 1.165) is 12.1 Å². The number of carbonyl (C=O) groups excluding carboxylic acids is 2. The van der Waals surface area contributed by atoms with Crippen molar-refractivity contribution in [3.63, 3.8) is 0 Å². The molecule has 4 aromatic rings. The maximum Gasteiger partial charge on any atom is 0.416 e. The highest BCUT2D eigenvalue weighted by atomic mass is 35.5. The molecule has 1 heterocycles. The molecule has 0 saturated heterocycles. The Hall–Kier alpha value is -3.60. The van der Waals surface area contributed by atoms with Crippen molar-refractivity contribution in [3.05, 3.63) is 87.2 Å². The number of nitrogens with zero attached hydrogens (tertiary/aromatic N) is 1. The standard InChI is InChI=1S/C26H22ClF3N4O3.ClH/c1-13-7-8-15(26(28,29)30)9-17(13)24(35)31-16-10-18(23-21(11-16)32-22(34-23)12-37-3)25(36)33-20-6-4-5-19(27)14(20)2;/h4-11H,12H2,1-3H3,(H,31,35)(H,32,34)(H,33,36);1H. The number of anilines is 2. The van der Waals surface area contributed by atoms with Gasteiger partial charge in [-0.3, -0.25) is 9.59 Å². The predicted octanol–water partition coefficient (Wildman–Crippen LogP) is 6.92. The van der Waals surface area contributed by atoms with E-state index in [1.807, 2.05) is 0 Å². The number of aryl methyl sites for hydroxylation is 1. The van der Waals surface area contributed by atoms with Crippen LogP contribution in [-0.4, -0.2) is 28.9 Å². The lowest BCUT2D eigenvalue weighted by atomic mass is 10.0. The number of aromatic amines is 1. The molecule has 0 saturated carbocycles. The fourth-order valence-corrected chi connectivity index (χ4v) is 3.97. The molecule has 7 nitrogen and oxygen atoms in total. The van der Waals surface area contributed by atoms with Crippen LogP contribution in [0.15, 0.2) is 48.5 Å². The molecule has 3 N–H and O–H groups in total. The molecular formula is C26H23Cl2F3N4O3. The van der Waals surface area contributed by atoms with Crippen LogP contribution >= 0.6 is 24.0 Å². The number of hydrogen-bond acceptors (Lipinski definition) is 4. The second-order valence-corrected chi connectivity index (χ2v) is 8.79. The number of benzene rings is 3. The SMILES string of the molecule is COCc1nc2c(C(=O)Nc3cccc(Cl)c3C)cc(NC(=O)c3cc(C(F)(F)F)ccc3C)cc2[nH]1.Cl. The molecule has 0 aliphatic carbocycles. The fraction of sp³-hybridized carbons (Fsp3) is 0.192. The molecule has 2 amide bonds. The molecule has 38 heavy (non-hydrogen) atoms. The Morgan fingerprint density at radius 3 is 2.42 bits per heavy atom. The number of aromatic nitrogens is 2. The number of carbonyl (C=O) groups is 2. The number of imidazole rings is 1. The summed E-state index contributed by atoms with van der Waals surface area (Å²) in [5.74, 6) is -0.823. The van der Waals surface area contributed by atoms with E-state index in [1.54, 1.807) is 31.2 Å². The zero-order valence-electron chi connectivity index (χ0n) is 20.4. The van der Waals surface area contributed by atoms with E-state index in [0.29, 0.717) is 38.7 Å². The van der Waals surface area contributed by atoms with E-state index in [1.165, 1.54) is 26.2 Å².